The molecule has 0 fully saturated rings. The Hall–Kier alpha value is -3.22. The first-order valence-electron chi connectivity index (χ1n) is 8.54. The lowest BCUT2D eigenvalue weighted by Crippen LogP contribution is -1.93. The predicted molar refractivity (Wildman–Crippen MR) is 105 cm³/mol. The predicted octanol–water partition coefficient (Wildman–Crippen LogP) is 5.36. The maximum absolute atomic E-state index is 3.32. The average Bonchev–Trinajstić information content (AvgIpc) is 2.67. The second-order valence-electron chi connectivity index (χ2n) is 5.91. The van der Waals surface area contributed by atoms with Crippen molar-refractivity contribution in [1.82, 2.24) is 0 Å². The summed E-state index contributed by atoms with van der Waals surface area (Å²) in [5.74, 6) is 13.1. The summed E-state index contributed by atoms with van der Waals surface area (Å²) in [5.41, 5.74) is 6.65. The highest BCUT2D eigenvalue weighted by Crippen LogP contribution is 2.17. The van der Waals surface area contributed by atoms with Crippen LogP contribution in [0.4, 0.5) is 0 Å². The maximum atomic E-state index is 3.32. The summed E-state index contributed by atoms with van der Waals surface area (Å²) in [6.07, 6.45) is 0.944. The first kappa shape index (κ1) is 16.6. The molecule has 3 aromatic rings. The van der Waals surface area contributed by atoms with Gasteiger partial charge in [-0.05, 0) is 60.9 Å². The van der Waals surface area contributed by atoms with Crippen molar-refractivity contribution in [3.8, 4) is 23.7 Å². The second-order valence-corrected chi connectivity index (χ2v) is 5.91. The molecular weight excluding hydrogens is 300 g/mol. The number of rotatable bonds is 1. The lowest BCUT2D eigenvalue weighted by atomic mass is 9.97. The number of hydrogen-bond acceptors (Lipinski definition) is 0. The van der Waals surface area contributed by atoms with Gasteiger partial charge in [0.2, 0.25) is 0 Å². The Morgan fingerprint density at radius 2 is 1.16 bits per heavy atom. The molecule has 0 radical (unpaired) electrons. The zero-order chi connectivity index (χ0) is 17.5. The van der Waals surface area contributed by atoms with Crippen LogP contribution >= 0.6 is 0 Å². The van der Waals surface area contributed by atoms with Crippen LogP contribution in [0, 0.1) is 30.6 Å². The molecule has 0 saturated heterocycles. The van der Waals surface area contributed by atoms with Gasteiger partial charge < -0.3 is 0 Å². The molecule has 0 aliphatic rings. The molecule has 3 aromatic carbocycles. The van der Waals surface area contributed by atoms with Gasteiger partial charge in [-0.3, -0.25) is 0 Å². The third kappa shape index (κ3) is 4.41. The molecule has 0 unspecified atom stereocenters. The maximum Gasteiger partial charge on any atom is 0.0284 e. The van der Waals surface area contributed by atoms with E-state index >= 15 is 0 Å². The molecule has 3 rings (SSSR count). The molecular formula is C25H20. The van der Waals surface area contributed by atoms with Crippen LogP contribution in [0.2, 0.25) is 0 Å². The Balaban J connectivity index is 1.94. The summed E-state index contributed by atoms with van der Waals surface area (Å²) < 4.78 is 0. The molecule has 0 aromatic heterocycles. The molecule has 0 heterocycles. The Bertz CT molecular complexity index is 972. The number of benzene rings is 3. The van der Waals surface area contributed by atoms with E-state index in [-0.39, 0.29) is 0 Å². The highest BCUT2D eigenvalue weighted by molar-refractivity contribution is 5.55. The Morgan fingerprint density at radius 1 is 0.640 bits per heavy atom. The van der Waals surface area contributed by atoms with E-state index in [1.165, 1.54) is 5.56 Å². The summed E-state index contributed by atoms with van der Waals surface area (Å²) in [4.78, 5) is 0. The topological polar surface area (TPSA) is 0 Å². The van der Waals surface area contributed by atoms with Gasteiger partial charge in [-0.25, -0.2) is 0 Å². The van der Waals surface area contributed by atoms with E-state index in [9.17, 15) is 0 Å². The van der Waals surface area contributed by atoms with Gasteiger partial charge in [0.15, 0.2) is 0 Å². The van der Waals surface area contributed by atoms with Gasteiger partial charge in [0.05, 0.1) is 0 Å². The monoisotopic (exact) mass is 320 g/mol. The van der Waals surface area contributed by atoms with Gasteiger partial charge in [-0.2, -0.15) is 0 Å². The van der Waals surface area contributed by atoms with Crippen molar-refractivity contribution in [3.63, 3.8) is 0 Å². The van der Waals surface area contributed by atoms with Crippen molar-refractivity contribution in [1.29, 1.82) is 0 Å². The van der Waals surface area contributed by atoms with Crippen LogP contribution in [-0.2, 0) is 6.42 Å². The fourth-order valence-electron chi connectivity index (χ4n) is 2.62. The summed E-state index contributed by atoms with van der Waals surface area (Å²) in [6, 6.07) is 24.5. The molecule has 0 N–H and O–H groups in total. The Kier molecular flexibility index (Phi) is 5.36. The van der Waals surface area contributed by atoms with Crippen molar-refractivity contribution in [2.45, 2.75) is 20.3 Å². The van der Waals surface area contributed by atoms with Crippen molar-refractivity contribution in [2.75, 3.05) is 0 Å². The van der Waals surface area contributed by atoms with Gasteiger partial charge >= 0.3 is 0 Å². The zero-order valence-corrected chi connectivity index (χ0v) is 14.6. The third-order valence-corrected chi connectivity index (χ3v) is 4.06. The molecule has 0 amide bonds. The lowest BCUT2D eigenvalue weighted by Gasteiger charge is -2.06. The minimum absolute atomic E-state index is 0.944. The summed E-state index contributed by atoms with van der Waals surface area (Å²) >= 11 is 0. The molecule has 120 valence electrons. The average molecular weight is 320 g/mol. The molecule has 0 heteroatoms. The van der Waals surface area contributed by atoms with E-state index in [4.69, 9.17) is 0 Å². The minimum atomic E-state index is 0.944. The van der Waals surface area contributed by atoms with Crippen molar-refractivity contribution in [2.24, 2.45) is 0 Å². The molecule has 0 saturated carbocycles. The normalized spacial score (nSPS) is 9.52. The lowest BCUT2D eigenvalue weighted by molar-refractivity contribution is 1.12. The smallest absolute Gasteiger partial charge is 0.0284 e. The van der Waals surface area contributed by atoms with E-state index in [1.54, 1.807) is 0 Å². The quantitative estimate of drug-likeness (QED) is 0.530. The summed E-state index contributed by atoms with van der Waals surface area (Å²) in [6.45, 7) is 4.26. The standard InChI is InChI=1S/C25H20/c1-3-23-19-24(16-14-21-10-6-4-7-11-21)20(2)18-25(23)17-15-22-12-8-5-9-13-22/h4-13,18-19H,3H2,1-2H3. The number of hydrogen-bond donors (Lipinski definition) is 0. The fourth-order valence-corrected chi connectivity index (χ4v) is 2.62. The largest absolute Gasteiger partial charge is 0.0622 e. The van der Waals surface area contributed by atoms with Crippen molar-refractivity contribution < 1.29 is 0 Å². The summed E-state index contributed by atoms with van der Waals surface area (Å²) in [7, 11) is 0. The van der Waals surface area contributed by atoms with Crippen LogP contribution in [0.5, 0.6) is 0 Å². The van der Waals surface area contributed by atoms with Gasteiger partial charge in [-0.1, -0.05) is 67.0 Å². The Morgan fingerprint density at radius 3 is 1.68 bits per heavy atom. The fraction of sp³-hybridized carbons (Fsp3) is 0.120. The number of aryl methyl sites for hydroxylation is 2. The van der Waals surface area contributed by atoms with Crippen LogP contribution in [0.3, 0.4) is 0 Å². The molecule has 0 spiro atoms. The van der Waals surface area contributed by atoms with Crippen LogP contribution in [-0.4, -0.2) is 0 Å². The van der Waals surface area contributed by atoms with Crippen LogP contribution < -0.4 is 0 Å². The first-order chi connectivity index (χ1) is 12.3. The van der Waals surface area contributed by atoms with Gasteiger partial charge in [0.1, 0.15) is 0 Å². The molecule has 25 heavy (non-hydrogen) atoms. The van der Waals surface area contributed by atoms with Crippen LogP contribution in [0.25, 0.3) is 0 Å². The molecule has 0 nitrogen and oxygen atoms in total. The van der Waals surface area contributed by atoms with Gasteiger partial charge in [-0.15, -0.1) is 0 Å². The van der Waals surface area contributed by atoms with E-state index in [0.29, 0.717) is 0 Å². The SMILES string of the molecule is CCc1cc(C#Cc2ccccc2)c(C)cc1C#Cc1ccccc1. The molecule has 0 atom stereocenters. The van der Waals surface area contributed by atoms with Crippen molar-refractivity contribution >= 4 is 0 Å². The van der Waals surface area contributed by atoms with E-state index < -0.39 is 0 Å². The highest BCUT2D eigenvalue weighted by atomic mass is 14.1. The van der Waals surface area contributed by atoms with Gasteiger partial charge in [0, 0.05) is 22.3 Å². The zero-order valence-electron chi connectivity index (χ0n) is 14.6. The van der Waals surface area contributed by atoms with E-state index in [1.807, 2.05) is 60.7 Å². The van der Waals surface area contributed by atoms with Crippen molar-refractivity contribution in [3.05, 3.63) is 106 Å². The second kappa shape index (κ2) is 8.05. The molecule has 0 bridgehead atoms. The highest BCUT2D eigenvalue weighted by Gasteiger charge is 2.03. The molecule has 0 aliphatic carbocycles. The summed E-state index contributed by atoms with van der Waals surface area (Å²) in [5, 5.41) is 0. The van der Waals surface area contributed by atoms with E-state index in [2.05, 4.69) is 49.7 Å². The molecule has 0 aliphatic heterocycles. The Labute approximate surface area is 150 Å². The first-order valence-corrected chi connectivity index (χ1v) is 8.54. The van der Waals surface area contributed by atoms with Crippen LogP contribution in [0.1, 0.15) is 40.3 Å². The van der Waals surface area contributed by atoms with E-state index in [0.717, 1.165) is 34.2 Å². The third-order valence-electron chi connectivity index (χ3n) is 4.06. The minimum Gasteiger partial charge on any atom is -0.0622 e. The van der Waals surface area contributed by atoms with Crippen LogP contribution in [0.15, 0.2) is 72.8 Å². The van der Waals surface area contributed by atoms with Gasteiger partial charge in [0.25, 0.3) is 0 Å².